The Balaban J connectivity index is 1.95. The zero-order valence-corrected chi connectivity index (χ0v) is 14.2. The maximum Gasteiger partial charge on any atom is 0.307 e. The van der Waals surface area contributed by atoms with Crippen LogP contribution in [0.1, 0.15) is 37.3 Å². The molecule has 6 heteroatoms. The van der Waals surface area contributed by atoms with Crippen LogP contribution in [0.3, 0.4) is 0 Å². The van der Waals surface area contributed by atoms with Crippen LogP contribution in [0.5, 0.6) is 0 Å². The lowest BCUT2D eigenvalue weighted by atomic mass is 10.0. The van der Waals surface area contributed by atoms with Gasteiger partial charge in [-0.15, -0.1) is 0 Å². The molecule has 1 aromatic rings. The van der Waals surface area contributed by atoms with Crippen LogP contribution in [0, 0.1) is 0 Å². The van der Waals surface area contributed by atoms with E-state index in [0.717, 1.165) is 5.56 Å². The van der Waals surface area contributed by atoms with Gasteiger partial charge in [0.25, 0.3) is 0 Å². The van der Waals surface area contributed by atoms with Gasteiger partial charge in [-0.2, -0.15) is 0 Å². The highest BCUT2D eigenvalue weighted by molar-refractivity contribution is 8.15. The first-order valence-electron chi connectivity index (χ1n) is 7.38. The molecular weight excluding hydrogens is 312 g/mol. The topological polar surface area (TPSA) is 67.8 Å². The number of thioether (sulfide) groups is 1. The van der Waals surface area contributed by atoms with Gasteiger partial charge in [0.05, 0.1) is 13.5 Å². The number of methoxy groups -OCH3 is 1. The number of nitrogens with one attached hydrogen (secondary N) is 1. The number of hydrogen-bond donors (Lipinski definition) is 1. The zero-order chi connectivity index (χ0) is 16.8. The van der Waals surface area contributed by atoms with Crippen molar-refractivity contribution in [1.29, 1.82) is 0 Å². The number of ether oxygens (including phenoxy) is 1. The minimum Gasteiger partial charge on any atom is -0.469 e. The molecule has 0 saturated carbocycles. The van der Waals surface area contributed by atoms with E-state index in [0.29, 0.717) is 11.1 Å². The van der Waals surface area contributed by atoms with Gasteiger partial charge in [-0.3, -0.25) is 9.59 Å². The Labute approximate surface area is 140 Å². The third-order valence-electron chi connectivity index (χ3n) is 3.42. The molecule has 0 aromatic heterocycles. The molecule has 122 valence electrons. The number of rotatable bonds is 5. The van der Waals surface area contributed by atoms with Crippen molar-refractivity contribution in [1.82, 2.24) is 5.32 Å². The number of hydrogen-bond acceptors (Lipinski definition) is 5. The van der Waals surface area contributed by atoms with Crippen molar-refractivity contribution in [2.45, 2.75) is 31.4 Å². The molecule has 23 heavy (non-hydrogen) atoms. The van der Waals surface area contributed by atoms with Crippen molar-refractivity contribution in [2.75, 3.05) is 7.11 Å². The molecule has 1 heterocycles. The third kappa shape index (κ3) is 4.96. The normalized spacial score (nSPS) is 19.6. The average Bonchev–Trinajstić information content (AvgIpc) is 2.87. The first-order valence-corrected chi connectivity index (χ1v) is 8.26. The van der Waals surface area contributed by atoms with Gasteiger partial charge in [0, 0.05) is 6.20 Å². The van der Waals surface area contributed by atoms with Gasteiger partial charge >= 0.3 is 5.97 Å². The maximum absolute atomic E-state index is 11.7. The summed E-state index contributed by atoms with van der Waals surface area (Å²) in [6.07, 6.45) is 3.57. The molecule has 2 rings (SSSR count). The Hall–Kier alpha value is -2.08. The van der Waals surface area contributed by atoms with Crippen LogP contribution in [-0.4, -0.2) is 29.4 Å². The van der Waals surface area contributed by atoms with Gasteiger partial charge in [-0.05, 0) is 23.1 Å². The molecular formula is C17H20N2O3S. The van der Waals surface area contributed by atoms with Gasteiger partial charge in [-0.25, -0.2) is 4.99 Å². The van der Waals surface area contributed by atoms with Gasteiger partial charge in [0.15, 0.2) is 5.17 Å². The number of amides is 1. The van der Waals surface area contributed by atoms with Crippen molar-refractivity contribution in [2.24, 2.45) is 4.99 Å². The number of benzene rings is 1. The Morgan fingerprint density at radius 3 is 2.70 bits per heavy atom. The maximum atomic E-state index is 11.7. The van der Waals surface area contributed by atoms with Gasteiger partial charge in [0.2, 0.25) is 5.91 Å². The van der Waals surface area contributed by atoms with Gasteiger partial charge in [0.1, 0.15) is 5.25 Å². The van der Waals surface area contributed by atoms with Crippen molar-refractivity contribution >= 4 is 34.9 Å². The number of nitrogens with zero attached hydrogens (tertiary/aromatic N) is 1. The largest absolute Gasteiger partial charge is 0.469 e. The second-order valence-electron chi connectivity index (χ2n) is 5.45. The number of carbonyl (C=O) groups is 2. The van der Waals surface area contributed by atoms with Crippen molar-refractivity contribution in [3.05, 3.63) is 41.6 Å². The number of amidine groups is 1. The van der Waals surface area contributed by atoms with Gasteiger partial charge in [-0.1, -0.05) is 49.9 Å². The summed E-state index contributed by atoms with van der Waals surface area (Å²) in [6.45, 7) is 4.31. The van der Waals surface area contributed by atoms with E-state index < -0.39 is 11.2 Å². The first kappa shape index (κ1) is 17.3. The molecule has 1 fully saturated rings. The predicted molar refractivity (Wildman–Crippen MR) is 93.2 cm³/mol. The van der Waals surface area contributed by atoms with Crippen LogP contribution in [0.4, 0.5) is 0 Å². The lowest BCUT2D eigenvalue weighted by Gasteiger charge is -2.04. The fraction of sp³-hybridized carbons (Fsp3) is 0.353. The van der Waals surface area contributed by atoms with Crippen LogP contribution < -0.4 is 5.32 Å². The Bertz CT molecular complexity index is 636. The van der Waals surface area contributed by atoms with E-state index in [1.54, 1.807) is 6.20 Å². The minimum absolute atomic E-state index is 0.0480. The highest BCUT2D eigenvalue weighted by Crippen LogP contribution is 2.23. The van der Waals surface area contributed by atoms with E-state index in [-0.39, 0.29) is 12.3 Å². The molecule has 1 unspecified atom stereocenters. The molecule has 1 amide bonds. The molecule has 5 nitrogen and oxygen atoms in total. The van der Waals surface area contributed by atoms with Crippen molar-refractivity contribution in [3.8, 4) is 0 Å². The summed E-state index contributed by atoms with van der Waals surface area (Å²) in [5, 5.41) is 2.69. The highest BCUT2D eigenvalue weighted by Gasteiger charge is 2.32. The molecule has 1 saturated heterocycles. The van der Waals surface area contributed by atoms with Crippen LogP contribution in [-0.2, 0) is 14.3 Å². The monoisotopic (exact) mass is 332 g/mol. The molecule has 0 radical (unpaired) electrons. The average molecular weight is 332 g/mol. The Morgan fingerprint density at radius 1 is 1.39 bits per heavy atom. The minimum atomic E-state index is -0.472. The molecule has 0 bridgehead atoms. The summed E-state index contributed by atoms with van der Waals surface area (Å²) in [7, 11) is 1.31. The first-order chi connectivity index (χ1) is 11.0. The highest BCUT2D eigenvalue weighted by atomic mass is 32.2. The predicted octanol–water partition coefficient (Wildman–Crippen LogP) is 2.93. The van der Waals surface area contributed by atoms with Crippen molar-refractivity contribution < 1.29 is 14.3 Å². The summed E-state index contributed by atoms with van der Waals surface area (Å²) in [5.41, 5.74) is 2.33. The molecule has 1 N–H and O–H groups in total. The summed E-state index contributed by atoms with van der Waals surface area (Å²) >= 11 is 1.24. The Kier molecular flexibility index (Phi) is 5.98. The summed E-state index contributed by atoms with van der Waals surface area (Å²) in [5.74, 6) is -0.112. The number of carbonyl (C=O) groups excluding carboxylic acids is 2. The van der Waals surface area contributed by atoms with E-state index in [2.05, 4.69) is 41.0 Å². The molecule has 1 atom stereocenters. The standard InChI is InChI=1S/C17H20N2O3S/c1-11(2)13-6-4-12(5-7-13)8-9-18-17-19-16(21)14(23-17)10-15(20)22-3/h4-9,11,14H,10H2,1-3H3,(H,18,19,21)/b9-8+. The van der Waals surface area contributed by atoms with Crippen LogP contribution in [0.15, 0.2) is 35.5 Å². The molecule has 1 aliphatic heterocycles. The number of aliphatic imine (C=N–C) groups is 1. The summed E-state index contributed by atoms with van der Waals surface area (Å²) < 4.78 is 4.57. The van der Waals surface area contributed by atoms with E-state index in [4.69, 9.17) is 0 Å². The quantitative estimate of drug-likeness (QED) is 0.842. The zero-order valence-electron chi connectivity index (χ0n) is 13.4. The molecule has 1 aromatic carbocycles. The Morgan fingerprint density at radius 2 is 2.09 bits per heavy atom. The molecule has 0 spiro atoms. The SMILES string of the molecule is COC(=O)CC1SC(=N/C=C/c2ccc(C(C)C)cc2)NC1=O. The van der Waals surface area contributed by atoms with Gasteiger partial charge < -0.3 is 10.1 Å². The smallest absolute Gasteiger partial charge is 0.307 e. The third-order valence-corrected chi connectivity index (χ3v) is 4.51. The fourth-order valence-electron chi connectivity index (χ4n) is 2.02. The lowest BCUT2D eigenvalue weighted by molar-refractivity contribution is -0.141. The summed E-state index contributed by atoms with van der Waals surface area (Å²) in [4.78, 5) is 27.2. The summed E-state index contributed by atoms with van der Waals surface area (Å²) in [6, 6.07) is 8.25. The van der Waals surface area contributed by atoms with E-state index in [9.17, 15) is 9.59 Å². The second kappa shape index (κ2) is 7.97. The second-order valence-corrected chi connectivity index (χ2v) is 6.64. The number of esters is 1. The lowest BCUT2D eigenvalue weighted by Crippen LogP contribution is -2.26. The van der Waals surface area contributed by atoms with E-state index in [1.807, 2.05) is 18.2 Å². The van der Waals surface area contributed by atoms with E-state index in [1.165, 1.54) is 24.4 Å². The van der Waals surface area contributed by atoms with E-state index >= 15 is 0 Å². The fourth-order valence-corrected chi connectivity index (χ4v) is 2.95. The van der Waals surface area contributed by atoms with Crippen molar-refractivity contribution in [3.63, 3.8) is 0 Å². The van der Waals surface area contributed by atoms with Crippen LogP contribution in [0.2, 0.25) is 0 Å². The van der Waals surface area contributed by atoms with Crippen LogP contribution in [0.25, 0.3) is 6.08 Å². The molecule has 0 aliphatic carbocycles. The molecule has 1 aliphatic rings. The van der Waals surface area contributed by atoms with Crippen LogP contribution >= 0.6 is 11.8 Å².